The lowest BCUT2D eigenvalue weighted by Gasteiger charge is -2.05. The molecule has 0 aromatic heterocycles. The van der Waals surface area contributed by atoms with E-state index in [-0.39, 0.29) is 6.61 Å². The van der Waals surface area contributed by atoms with Gasteiger partial charge in [0.05, 0.1) is 6.61 Å². The van der Waals surface area contributed by atoms with Gasteiger partial charge in [-0.05, 0) is 18.8 Å². The number of hydrogen-bond donors (Lipinski definition) is 3. The summed E-state index contributed by atoms with van der Waals surface area (Å²) in [6.45, 7) is 7.07. The summed E-state index contributed by atoms with van der Waals surface area (Å²) in [5.41, 5.74) is 0. The summed E-state index contributed by atoms with van der Waals surface area (Å²) in [6, 6.07) is 0. The fourth-order valence-corrected chi connectivity index (χ4v) is 6.86. The largest absolute Gasteiger partial charge is 0.481 e. The minimum Gasteiger partial charge on any atom is -0.481 e. The number of carbonyl (C=O) groups is 1. The standard InChI is InChI=1S/C24H51O4P.C18H36O2/c1-2-3-4-5-6-7-8-9-10-11-12-13-14-15-16-17-18-19-20-21-22-23-24-28-29(25,26)27;1-17(2)15-13-11-9-7-5-3-4-6-8-10-12-14-16-18(19)20/h2-24H2,1H3,(H2,25,26,27);17H,3-16H2,1-2H3,(H,19,20). The predicted octanol–water partition coefficient (Wildman–Crippen LogP) is 14.9. The lowest BCUT2D eigenvalue weighted by atomic mass is 10.0. The highest BCUT2D eigenvalue weighted by atomic mass is 31.2. The van der Waals surface area contributed by atoms with Crippen LogP contribution in [0, 0.1) is 5.92 Å². The molecule has 3 N–H and O–H groups in total. The molecular weight excluding hydrogens is 631 g/mol. The molecule has 0 bridgehead atoms. The van der Waals surface area contributed by atoms with Crippen LogP contribution in [-0.4, -0.2) is 27.5 Å². The van der Waals surface area contributed by atoms with Gasteiger partial charge in [0, 0.05) is 6.42 Å². The number of carboxylic acid groups (broad SMARTS) is 1. The first-order chi connectivity index (χ1) is 23.7. The third-order valence-electron chi connectivity index (χ3n) is 9.68. The molecule has 6 nitrogen and oxygen atoms in total. The Hall–Kier alpha value is -0.420. The average Bonchev–Trinajstić information content (AvgIpc) is 3.04. The van der Waals surface area contributed by atoms with Gasteiger partial charge >= 0.3 is 13.8 Å². The molecule has 0 spiro atoms. The second kappa shape index (κ2) is 42.0. The molecule has 296 valence electrons. The molecule has 0 amide bonds. The van der Waals surface area contributed by atoms with Gasteiger partial charge in [-0.25, -0.2) is 4.57 Å². The lowest BCUT2D eigenvalue weighted by Crippen LogP contribution is -1.93. The van der Waals surface area contributed by atoms with Gasteiger partial charge in [0.15, 0.2) is 0 Å². The van der Waals surface area contributed by atoms with Crippen LogP contribution in [0.1, 0.15) is 252 Å². The molecule has 0 saturated heterocycles. The van der Waals surface area contributed by atoms with Gasteiger partial charge in [-0.1, -0.05) is 233 Å². The first kappa shape index (κ1) is 50.7. The van der Waals surface area contributed by atoms with Crippen LogP contribution in [0.2, 0.25) is 0 Å². The normalized spacial score (nSPS) is 11.6. The smallest absolute Gasteiger partial charge is 0.469 e. The third kappa shape index (κ3) is 54.5. The Morgan fingerprint density at radius 3 is 1.00 bits per heavy atom. The van der Waals surface area contributed by atoms with E-state index in [2.05, 4.69) is 25.3 Å². The molecule has 0 aliphatic rings. The Balaban J connectivity index is 0. The minimum absolute atomic E-state index is 0.170. The molecule has 0 radical (unpaired) electrons. The zero-order chi connectivity index (χ0) is 36.5. The van der Waals surface area contributed by atoms with E-state index >= 15 is 0 Å². The number of carboxylic acids is 1. The van der Waals surface area contributed by atoms with Crippen molar-refractivity contribution < 1.29 is 28.8 Å². The summed E-state index contributed by atoms with van der Waals surface area (Å²) in [6.07, 6.45) is 46.8. The molecule has 0 aromatic rings. The predicted molar refractivity (Wildman–Crippen MR) is 212 cm³/mol. The number of phosphoric acid groups is 1. The highest BCUT2D eigenvalue weighted by Crippen LogP contribution is 2.35. The van der Waals surface area contributed by atoms with E-state index in [0.717, 1.165) is 38.0 Å². The van der Waals surface area contributed by atoms with Crippen molar-refractivity contribution in [2.45, 2.75) is 252 Å². The summed E-state index contributed by atoms with van der Waals surface area (Å²) in [5.74, 6) is 0.212. The van der Waals surface area contributed by atoms with Crippen LogP contribution in [0.4, 0.5) is 0 Å². The highest BCUT2D eigenvalue weighted by Gasteiger charge is 2.12. The van der Waals surface area contributed by atoms with Crippen LogP contribution in [-0.2, 0) is 13.9 Å². The van der Waals surface area contributed by atoms with E-state index in [1.807, 2.05) is 0 Å². The second-order valence-electron chi connectivity index (χ2n) is 15.3. The summed E-state index contributed by atoms with van der Waals surface area (Å²) < 4.78 is 15.0. The van der Waals surface area contributed by atoms with Crippen molar-refractivity contribution in [1.29, 1.82) is 0 Å². The molecule has 0 saturated carbocycles. The van der Waals surface area contributed by atoms with Gasteiger partial charge in [0.25, 0.3) is 0 Å². The monoisotopic (exact) mass is 719 g/mol. The number of unbranched alkanes of at least 4 members (excludes halogenated alkanes) is 32. The SMILES string of the molecule is CC(C)CCCCCCCCCCCCCCC(=O)O.CCCCCCCCCCCCCCCCCCCCCCCCOP(=O)(O)O. The van der Waals surface area contributed by atoms with Crippen LogP contribution in [0.15, 0.2) is 0 Å². The van der Waals surface area contributed by atoms with Gasteiger partial charge in [-0.3, -0.25) is 9.32 Å². The Labute approximate surface area is 306 Å². The molecule has 0 heterocycles. The second-order valence-corrected chi connectivity index (χ2v) is 16.6. The van der Waals surface area contributed by atoms with Crippen LogP contribution >= 0.6 is 7.82 Å². The van der Waals surface area contributed by atoms with Gasteiger partial charge in [-0.15, -0.1) is 0 Å². The first-order valence-electron chi connectivity index (χ1n) is 21.6. The topological polar surface area (TPSA) is 104 Å². The molecule has 0 aliphatic heterocycles. The molecule has 0 rings (SSSR count). The van der Waals surface area contributed by atoms with E-state index in [4.69, 9.17) is 14.9 Å². The Kier molecular flexibility index (Phi) is 43.4. The lowest BCUT2D eigenvalue weighted by molar-refractivity contribution is -0.137. The summed E-state index contributed by atoms with van der Waals surface area (Å²) in [7, 11) is -4.26. The molecule has 0 unspecified atom stereocenters. The number of aliphatic carboxylic acids is 1. The van der Waals surface area contributed by atoms with Crippen molar-refractivity contribution in [2.75, 3.05) is 6.61 Å². The summed E-state index contributed by atoms with van der Waals surface area (Å²) in [4.78, 5) is 27.5. The molecule has 0 atom stereocenters. The molecule has 0 fully saturated rings. The minimum atomic E-state index is -4.26. The first-order valence-corrected chi connectivity index (χ1v) is 23.1. The van der Waals surface area contributed by atoms with Crippen LogP contribution in [0.25, 0.3) is 0 Å². The fraction of sp³-hybridized carbons (Fsp3) is 0.976. The van der Waals surface area contributed by atoms with Gasteiger partial charge in [0.1, 0.15) is 0 Å². The Bertz CT molecular complexity index is 680. The van der Waals surface area contributed by atoms with E-state index in [9.17, 15) is 9.36 Å². The zero-order valence-electron chi connectivity index (χ0n) is 33.3. The van der Waals surface area contributed by atoms with E-state index in [1.54, 1.807) is 0 Å². The Morgan fingerprint density at radius 2 is 0.735 bits per heavy atom. The summed E-state index contributed by atoms with van der Waals surface area (Å²) >= 11 is 0. The van der Waals surface area contributed by atoms with Crippen LogP contribution < -0.4 is 0 Å². The molecule has 7 heteroatoms. The molecule has 49 heavy (non-hydrogen) atoms. The van der Waals surface area contributed by atoms with Crippen molar-refractivity contribution in [3.63, 3.8) is 0 Å². The quantitative estimate of drug-likeness (QED) is 0.0432. The maximum Gasteiger partial charge on any atom is 0.469 e. The summed E-state index contributed by atoms with van der Waals surface area (Å²) in [5, 5.41) is 8.52. The fourth-order valence-electron chi connectivity index (χ4n) is 6.49. The van der Waals surface area contributed by atoms with Crippen LogP contribution in [0.3, 0.4) is 0 Å². The maximum absolute atomic E-state index is 10.5. The highest BCUT2D eigenvalue weighted by molar-refractivity contribution is 7.46. The molecule has 0 aliphatic carbocycles. The van der Waals surface area contributed by atoms with Crippen molar-refractivity contribution in [2.24, 2.45) is 5.92 Å². The van der Waals surface area contributed by atoms with Crippen molar-refractivity contribution in [3.8, 4) is 0 Å². The van der Waals surface area contributed by atoms with Gasteiger partial charge in [-0.2, -0.15) is 0 Å². The van der Waals surface area contributed by atoms with Gasteiger partial charge < -0.3 is 14.9 Å². The number of rotatable bonds is 39. The van der Waals surface area contributed by atoms with Crippen molar-refractivity contribution in [1.82, 2.24) is 0 Å². The number of phosphoric ester groups is 1. The maximum atomic E-state index is 10.5. The zero-order valence-corrected chi connectivity index (χ0v) is 34.1. The van der Waals surface area contributed by atoms with Crippen LogP contribution in [0.5, 0.6) is 0 Å². The number of hydrogen-bond acceptors (Lipinski definition) is 3. The third-order valence-corrected chi connectivity index (χ3v) is 10.2. The Morgan fingerprint density at radius 1 is 0.469 bits per heavy atom. The van der Waals surface area contributed by atoms with Crippen molar-refractivity contribution >= 4 is 13.8 Å². The van der Waals surface area contributed by atoms with Crippen molar-refractivity contribution in [3.05, 3.63) is 0 Å². The molecular formula is C42H87O6P. The van der Waals surface area contributed by atoms with E-state index in [0.29, 0.717) is 6.42 Å². The van der Waals surface area contributed by atoms with E-state index < -0.39 is 13.8 Å². The molecule has 0 aromatic carbocycles. The average molecular weight is 719 g/mol. The van der Waals surface area contributed by atoms with Gasteiger partial charge in [0.2, 0.25) is 0 Å². The van der Waals surface area contributed by atoms with E-state index in [1.165, 1.54) is 193 Å².